The van der Waals surface area contributed by atoms with E-state index in [-0.39, 0.29) is 5.54 Å². The van der Waals surface area contributed by atoms with Crippen molar-refractivity contribution in [1.82, 2.24) is 4.90 Å². The van der Waals surface area contributed by atoms with Gasteiger partial charge in [0.2, 0.25) is 0 Å². The molecule has 2 unspecified atom stereocenters. The topological polar surface area (TPSA) is 38.5 Å². The lowest BCUT2D eigenvalue weighted by Crippen LogP contribution is -2.59. The number of likely N-dealkylation sites (N-methyl/N-ethyl adjacent to an activating group) is 1. The maximum atomic E-state index is 6.18. The van der Waals surface area contributed by atoms with E-state index in [9.17, 15) is 0 Å². The van der Waals surface area contributed by atoms with Crippen molar-refractivity contribution < 1.29 is 4.74 Å². The number of benzene rings is 1. The van der Waals surface area contributed by atoms with Crippen LogP contribution in [0.5, 0.6) is 0 Å². The summed E-state index contributed by atoms with van der Waals surface area (Å²) >= 11 is 0. The maximum absolute atomic E-state index is 6.18. The average Bonchev–Trinajstić information content (AvgIpc) is 3.00. The highest BCUT2D eigenvalue weighted by atomic mass is 16.5. The molecule has 0 bridgehead atoms. The average molecular weight is 260 g/mol. The van der Waals surface area contributed by atoms with Crippen LogP contribution < -0.4 is 5.73 Å². The number of aryl methyl sites for hydroxylation is 1. The Balaban J connectivity index is 1.84. The van der Waals surface area contributed by atoms with Gasteiger partial charge >= 0.3 is 0 Å². The Morgan fingerprint density at radius 1 is 1.37 bits per heavy atom. The van der Waals surface area contributed by atoms with E-state index >= 15 is 0 Å². The zero-order chi connectivity index (χ0) is 13.3. The van der Waals surface area contributed by atoms with Crippen LogP contribution in [0.3, 0.4) is 0 Å². The van der Waals surface area contributed by atoms with Gasteiger partial charge in [-0.05, 0) is 43.9 Å². The minimum Gasteiger partial charge on any atom is -0.380 e. The molecular formula is C16H24N2O. The first-order chi connectivity index (χ1) is 9.25. The summed E-state index contributed by atoms with van der Waals surface area (Å²) < 4.78 is 5.55. The largest absolute Gasteiger partial charge is 0.380 e. The molecule has 1 aliphatic heterocycles. The molecule has 3 nitrogen and oxygen atoms in total. The Hall–Kier alpha value is -0.900. The van der Waals surface area contributed by atoms with Crippen molar-refractivity contribution in [3.63, 3.8) is 0 Å². The summed E-state index contributed by atoms with van der Waals surface area (Å²) in [5, 5.41) is 0. The van der Waals surface area contributed by atoms with Crippen molar-refractivity contribution in [2.45, 2.75) is 37.3 Å². The van der Waals surface area contributed by atoms with E-state index in [4.69, 9.17) is 10.5 Å². The minimum absolute atomic E-state index is 0.118. The molecule has 19 heavy (non-hydrogen) atoms. The summed E-state index contributed by atoms with van der Waals surface area (Å²) in [4.78, 5) is 2.51. The summed E-state index contributed by atoms with van der Waals surface area (Å²) in [6.45, 7) is 2.49. The van der Waals surface area contributed by atoms with Crippen LogP contribution in [0.4, 0.5) is 0 Å². The Morgan fingerprint density at radius 3 is 2.84 bits per heavy atom. The van der Waals surface area contributed by atoms with Crippen LogP contribution in [-0.2, 0) is 17.6 Å². The third-order valence-electron chi connectivity index (χ3n) is 5.08. The molecule has 0 aromatic heterocycles. The summed E-state index contributed by atoms with van der Waals surface area (Å²) in [5.41, 5.74) is 9.28. The highest BCUT2D eigenvalue weighted by molar-refractivity contribution is 5.32. The molecule has 1 aliphatic carbocycles. The molecule has 104 valence electrons. The third kappa shape index (κ3) is 2.31. The van der Waals surface area contributed by atoms with Crippen molar-refractivity contribution in [2.24, 2.45) is 5.73 Å². The second-order valence-corrected chi connectivity index (χ2v) is 6.00. The van der Waals surface area contributed by atoms with E-state index in [1.54, 1.807) is 0 Å². The van der Waals surface area contributed by atoms with Gasteiger partial charge in [0, 0.05) is 24.7 Å². The van der Waals surface area contributed by atoms with Crippen LogP contribution in [0.15, 0.2) is 24.3 Å². The zero-order valence-electron chi connectivity index (χ0n) is 11.8. The summed E-state index contributed by atoms with van der Waals surface area (Å²) in [7, 11) is 2.24. The van der Waals surface area contributed by atoms with Gasteiger partial charge in [-0.25, -0.2) is 0 Å². The van der Waals surface area contributed by atoms with Gasteiger partial charge in [0.05, 0.1) is 6.61 Å². The number of nitrogens with zero attached hydrogens (tertiary/aromatic N) is 1. The fourth-order valence-corrected chi connectivity index (χ4v) is 3.62. The number of ether oxygens (including phenoxy) is 1. The lowest BCUT2D eigenvalue weighted by molar-refractivity contribution is 0.0549. The van der Waals surface area contributed by atoms with Crippen molar-refractivity contribution in [2.75, 3.05) is 26.8 Å². The van der Waals surface area contributed by atoms with Crippen molar-refractivity contribution >= 4 is 0 Å². The van der Waals surface area contributed by atoms with E-state index in [0.29, 0.717) is 6.04 Å². The fraction of sp³-hybridized carbons (Fsp3) is 0.625. The molecule has 2 aliphatic rings. The van der Waals surface area contributed by atoms with Crippen LogP contribution in [0.2, 0.25) is 0 Å². The predicted molar refractivity (Wildman–Crippen MR) is 77.2 cm³/mol. The molecule has 1 saturated heterocycles. The van der Waals surface area contributed by atoms with Gasteiger partial charge < -0.3 is 10.5 Å². The maximum Gasteiger partial charge on any atom is 0.0622 e. The highest BCUT2D eigenvalue weighted by Gasteiger charge is 2.40. The molecule has 0 spiro atoms. The lowest BCUT2D eigenvalue weighted by Gasteiger charge is -2.47. The molecule has 1 fully saturated rings. The van der Waals surface area contributed by atoms with Gasteiger partial charge in [-0.1, -0.05) is 24.3 Å². The number of fused-ring (bicyclic) bond motifs is 1. The third-order valence-corrected chi connectivity index (χ3v) is 5.08. The van der Waals surface area contributed by atoms with Crippen LogP contribution in [0.1, 0.15) is 24.0 Å². The molecule has 2 atom stereocenters. The predicted octanol–water partition coefficient (Wildman–Crippen LogP) is 1.59. The number of nitrogens with two attached hydrogens (primary N) is 1. The first-order valence-electron chi connectivity index (χ1n) is 7.33. The zero-order valence-corrected chi connectivity index (χ0v) is 11.8. The van der Waals surface area contributed by atoms with Gasteiger partial charge in [0.15, 0.2) is 0 Å². The van der Waals surface area contributed by atoms with Gasteiger partial charge in [-0.2, -0.15) is 0 Å². The molecule has 0 saturated carbocycles. The smallest absolute Gasteiger partial charge is 0.0622 e. The molecule has 1 aromatic carbocycles. The molecule has 3 heteroatoms. The normalized spacial score (nSPS) is 30.6. The molecule has 3 rings (SSSR count). The van der Waals surface area contributed by atoms with E-state index in [0.717, 1.165) is 45.4 Å². The van der Waals surface area contributed by atoms with Crippen LogP contribution >= 0.6 is 0 Å². The SMILES string of the molecule is CN(C1CCOC1)C1(CN)CCc2ccccc2C1. The molecular weight excluding hydrogens is 236 g/mol. The fourth-order valence-electron chi connectivity index (χ4n) is 3.62. The minimum atomic E-state index is 0.118. The van der Waals surface area contributed by atoms with Gasteiger partial charge in [-0.15, -0.1) is 0 Å². The quantitative estimate of drug-likeness (QED) is 0.897. The second-order valence-electron chi connectivity index (χ2n) is 6.00. The van der Waals surface area contributed by atoms with Crippen molar-refractivity contribution in [3.8, 4) is 0 Å². The molecule has 1 heterocycles. The Bertz CT molecular complexity index is 442. The first-order valence-corrected chi connectivity index (χ1v) is 7.33. The summed E-state index contributed by atoms with van der Waals surface area (Å²) in [5.74, 6) is 0. The van der Waals surface area contributed by atoms with E-state index in [1.165, 1.54) is 11.1 Å². The molecule has 0 radical (unpaired) electrons. The van der Waals surface area contributed by atoms with E-state index in [2.05, 4.69) is 36.2 Å². The van der Waals surface area contributed by atoms with Gasteiger partial charge in [0.25, 0.3) is 0 Å². The Labute approximate surface area is 115 Å². The van der Waals surface area contributed by atoms with Crippen LogP contribution in [0, 0.1) is 0 Å². The van der Waals surface area contributed by atoms with Gasteiger partial charge in [-0.3, -0.25) is 4.90 Å². The van der Waals surface area contributed by atoms with Crippen molar-refractivity contribution in [3.05, 3.63) is 35.4 Å². The molecule has 1 aromatic rings. The molecule has 2 N–H and O–H groups in total. The van der Waals surface area contributed by atoms with E-state index < -0.39 is 0 Å². The molecule has 0 amide bonds. The second kappa shape index (κ2) is 5.23. The Kier molecular flexibility index (Phi) is 3.61. The lowest BCUT2D eigenvalue weighted by atomic mass is 9.76. The van der Waals surface area contributed by atoms with Crippen LogP contribution in [-0.4, -0.2) is 43.3 Å². The van der Waals surface area contributed by atoms with Crippen LogP contribution in [0.25, 0.3) is 0 Å². The summed E-state index contributed by atoms with van der Waals surface area (Å²) in [6.07, 6.45) is 4.52. The number of hydrogen-bond acceptors (Lipinski definition) is 3. The number of rotatable bonds is 3. The highest BCUT2D eigenvalue weighted by Crippen LogP contribution is 2.34. The van der Waals surface area contributed by atoms with E-state index in [1.807, 2.05) is 0 Å². The Morgan fingerprint density at radius 2 is 2.16 bits per heavy atom. The van der Waals surface area contributed by atoms with Gasteiger partial charge in [0.1, 0.15) is 0 Å². The summed E-state index contributed by atoms with van der Waals surface area (Å²) in [6, 6.07) is 9.34. The first kappa shape index (κ1) is 13.1. The standard InChI is InChI=1S/C16H24N2O/c1-18(15-7-9-19-11-15)16(12-17)8-6-13-4-2-3-5-14(13)10-16/h2-5,15H,6-12,17H2,1H3. The monoisotopic (exact) mass is 260 g/mol. The number of hydrogen-bond donors (Lipinski definition) is 1. The van der Waals surface area contributed by atoms with Crippen molar-refractivity contribution in [1.29, 1.82) is 0 Å².